The van der Waals surface area contributed by atoms with Gasteiger partial charge in [0.25, 0.3) is 0 Å². The van der Waals surface area contributed by atoms with Gasteiger partial charge in [-0.3, -0.25) is 0 Å². The minimum atomic E-state index is -0.216. The lowest BCUT2D eigenvalue weighted by atomic mass is 10.0. The van der Waals surface area contributed by atoms with Gasteiger partial charge in [0.2, 0.25) is 0 Å². The van der Waals surface area contributed by atoms with E-state index in [1.165, 1.54) is 0 Å². The summed E-state index contributed by atoms with van der Waals surface area (Å²) in [6.45, 7) is 3.80. The second-order valence-electron chi connectivity index (χ2n) is 3.17. The molecule has 0 aromatic heterocycles. The molecule has 0 spiro atoms. The first-order chi connectivity index (χ1) is 6.37. The van der Waals surface area contributed by atoms with E-state index < -0.39 is 0 Å². The van der Waals surface area contributed by atoms with E-state index in [9.17, 15) is 5.11 Å². The van der Waals surface area contributed by atoms with Crippen LogP contribution in [0.1, 0.15) is 25.3 Å². The summed E-state index contributed by atoms with van der Waals surface area (Å²) in [5, 5.41) is 10.1. The molecule has 0 aliphatic rings. The molecule has 0 amide bonds. The zero-order valence-corrected chi connectivity index (χ0v) is 10.6. The summed E-state index contributed by atoms with van der Waals surface area (Å²) in [4.78, 5) is 0. The highest BCUT2D eigenvalue weighted by Gasteiger charge is 2.21. The SMILES string of the molecule is CC(C)c1c(Cl)c(O)c(Cl)c(Cl)c1Cl. The fourth-order valence-electron chi connectivity index (χ4n) is 1.15. The summed E-state index contributed by atoms with van der Waals surface area (Å²) in [5.74, 6) is -0.151. The third-order valence-electron chi connectivity index (χ3n) is 1.85. The molecule has 0 radical (unpaired) electrons. The van der Waals surface area contributed by atoms with Crippen molar-refractivity contribution in [3.8, 4) is 5.75 Å². The Morgan fingerprint density at radius 1 is 0.857 bits per heavy atom. The van der Waals surface area contributed by atoms with Crippen LogP contribution in [-0.4, -0.2) is 5.11 Å². The van der Waals surface area contributed by atoms with Crippen molar-refractivity contribution in [1.29, 1.82) is 0 Å². The predicted octanol–water partition coefficient (Wildman–Crippen LogP) is 5.13. The lowest BCUT2D eigenvalue weighted by molar-refractivity contribution is 0.474. The molecule has 0 heterocycles. The van der Waals surface area contributed by atoms with Crippen LogP contribution in [0.2, 0.25) is 20.1 Å². The van der Waals surface area contributed by atoms with Crippen LogP contribution in [0, 0.1) is 0 Å². The number of benzene rings is 1. The van der Waals surface area contributed by atoms with E-state index in [0.717, 1.165) is 0 Å². The van der Waals surface area contributed by atoms with Gasteiger partial charge in [-0.2, -0.15) is 0 Å². The van der Waals surface area contributed by atoms with Crippen molar-refractivity contribution in [2.45, 2.75) is 19.8 Å². The zero-order valence-electron chi connectivity index (χ0n) is 7.54. The monoisotopic (exact) mass is 272 g/mol. The molecule has 0 fully saturated rings. The third-order valence-corrected chi connectivity index (χ3v) is 3.57. The third kappa shape index (κ3) is 1.92. The summed E-state index contributed by atoms with van der Waals surface area (Å²) in [6, 6.07) is 0. The van der Waals surface area contributed by atoms with Crippen LogP contribution in [0.4, 0.5) is 0 Å². The van der Waals surface area contributed by atoms with Gasteiger partial charge < -0.3 is 5.11 Å². The van der Waals surface area contributed by atoms with E-state index in [4.69, 9.17) is 46.4 Å². The molecule has 0 saturated carbocycles. The van der Waals surface area contributed by atoms with Gasteiger partial charge in [0.1, 0.15) is 5.02 Å². The van der Waals surface area contributed by atoms with E-state index in [1.54, 1.807) is 0 Å². The summed E-state index contributed by atoms with van der Waals surface area (Å²) in [5.41, 5.74) is 0.611. The maximum absolute atomic E-state index is 9.53. The van der Waals surface area contributed by atoms with Gasteiger partial charge in [0, 0.05) is 0 Å². The van der Waals surface area contributed by atoms with Crippen molar-refractivity contribution in [1.82, 2.24) is 0 Å². The molecule has 1 aromatic rings. The number of aromatic hydroxyl groups is 1. The van der Waals surface area contributed by atoms with E-state index in [-0.39, 0.29) is 26.7 Å². The van der Waals surface area contributed by atoms with Gasteiger partial charge in [0.05, 0.1) is 15.1 Å². The molecule has 0 unspecified atom stereocenters. The standard InChI is InChI=1S/C9H8Cl4O/c1-3(2)4-5(10)7(12)8(13)9(14)6(4)11/h3,14H,1-2H3. The molecule has 78 valence electrons. The molecule has 14 heavy (non-hydrogen) atoms. The molecule has 5 heteroatoms. The number of hydrogen-bond donors (Lipinski definition) is 1. The Labute approximate surface area is 103 Å². The van der Waals surface area contributed by atoms with E-state index in [2.05, 4.69) is 0 Å². The van der Waals surface area contributed by atoms with E-state index in [0.29, 0.717) is 10.6 Å². The van der Waals surface area contributed by atoms with Gasteiger partial charge in [-0.25, -0.2) is 0 Å². The zero-order chi connectivity index (χ0) is 11.0. The van der Waals surface area contributed by atoms with E-state index in [1.807, 2.05) is 13.8 Å². The summed E-state index contributed by atoms with van der Waals surface area (Å²) in [7, 11) is 0. The van der Waals surface area contributed by atoms with Gasteiger partial charge >= 0.3 is 0 Å². The normalized spacial score (nSPS) is 11.1. The van der Waals surface area contributed by atoms with Crippen LogP contribution >= 0.6 is 46.4 Å². The lowest BCUT2D eigenvalue weighted by Crippen LogP contribution is -1.93. The fourth-order valence-corrected chi connectivity index (χ4v) is 2.49. The molecule has 0 bridgehead atoms. The predicted molar refractivity (Wildman–Crippen MR) is 62.2 cm³/mol. The highest BCUT2D eigenvalue weighted by molar-refractivity contribution is 6.50. The van der Waals surface area contributed by atoms with Crippen LogP contribution < -0.4 is 0 Å². The summed E-state index contributed by atoms with van der Waals surface area (Å²) >= 11 is 23.4. The largest absolute Gasteiger partial charge is 0.505 e. The smallest absolute Gasteiger partial charge is 0.154 e. The maximum atomic E-state index is 9.53. The first kappa shape index (κ1) is 12.3. The topological polar surface area (TPSA) is 20.2 Å². The van der Waals surface area contributed by atoms with Crippen molar-refractivity contribution < 1.29 is 5.11 Å². The molecule has 1 nitrogen and oxygen atoms in total. The van der Waals surface area contributed by atoms with Gasteiger partial charge in [-0.1, -0.05) is 60.3 Å². The average molecular weight is 274 g/mol. The molecule has 1 rings (SSSR count). The summed E-state index contributed by atoms with van der Waals surface area (Å²) in [6.07, 6.45) is 0. The van der Waals surface area contributed by atoms with Gasteiger partial charge in [0.15, 0.2) is 5.75 Å². The Morgan fingerprint density at radius 2 is 1.36 bits per heavy atom. The minimum absolute atomic E-state index is 0.00827. The molecule has 0 atom stereocenters. The molecule has 0 aliphatic carbocycles. The second kappa shape index (κ2) is 4.36. The number of rotatable bonds is 1. The van der Waals surface area contributed by atoms with Crippen molar-refractivity contribution in [3.63, 3.8) is 0 Å². The first-order valence-corrected chi connectivity index (χ1v) is 5.43. The maximum Gasteiger partial charge on any atom is 0.154 e. The van der Waals surface area contributed by atoms with E-state index >= 15 is 0 Å². The van der Waals surface area contributed by atoms with Crippen LogP contribution in [0.15, 0.2) is 0 Å². The van der Waals surface area contributed by atoms with Crippen LogP contribution in [0.3, 0.4) is 0 Å². The number of phenols is 1. The number of phenolic OH excluding ortho intramolecular Hbond substituents is 1. The molecule has 0 saturated heterocycles. The fraction of sp³-hybridized carbons (Fsp3) is 0.333. The van der Waals surface area contributed by atoms with Crippen molar-refractivity contribution in [3.05, 3.63) is 25.7 Å². The van der Waals surface area contributed by atoms with Gasteiger partial charge in [-0.05, 0) is 11.5 Å². The molecular weight excluding hydrogens is 266 g/mol. The lowest BCUT2D eigenvalue weighted by Gasteiger charge is -2.14. The number of halogens is 4. The van der Waals surface area contributed by atoms with Crippen molar-refractivity contribution in [2.75, 3.05) is 0 Å². The van der Waals surface area contributed by atoms with Gasteiger partial charge in [-0.15, -0.1) is 0 Å². The van der Waals surface area contributed by atoms with Crippen molar-refractivity contribution >= 4 is 46.4 Å². The van der Waals surface area contributed by atoms with Crippen LogP contribution in [0.25, 0.3) is 0 Å². The Hall–Kier alpha value is 0.180. The summed E-state index contributed by atoms with van der Waals surface area (Å²) < 4.78 is 0. The highest BCUT2D eigenvalue weighted by atomic mass is 35.5. The quantitative estimate of drug-likeness (QED) is 0.556. The van der Waals surface area contributed by atoms with Crippen molar-refractivity contribution in [2.24, 2.45) is 0 Å². The minimum Gasteiger partial charge on any atom is -0.505 e. The molecule has 1 N–H and O–H groups in total. The Kier molecular flexibility index (Phi) is 3.81. The second-order valence-corrected chi connectivity index (χ2v) is 4.68. The molecular formula is C9H8Cl4O. The molecule has 0 aliphatic heterocycles. The number of hydrogen-bond acceptors (Lipinski definition) is 1. The van der Waals surface area contributed by atoms with Crippen LogP contribution in [0.5, 0.6) is 5.75 Å². The Morgan fingerprint density at radius 3 is 1.79 bits per heavy atom. The Balaban J connectivity index is 3.60. The molecule has 1 aromatic carbocycles. The average Bonchev–Trinajstić information content (AvgIpc) is 2.11. The first-order valence-electron chi connectivity index (χ1n) is 3.92. The Bertz CT molecular complexity index is 345. The highest BCUT2D eigenvalue weighted by Crippen LogP contribution is 2.47. The van der Waals surface area contributed by atoms with Crippen LogP contribution in [-0.2, 0) is 0 Å².